The average Bonchev–Trinajstić information content (AvgIpc) is 3.25. The van der Waals surface area contributed by atoms with Gasteiger partial charge in [0.1, 0.15) is 0 Å². The van der Waals surface area contributed by atoms with Crippen molar-refractivity contribution in [3.8, 4) is 0 Å². The lowest BCUT2D eigenvalue weighted by atomic mass is 10.2. The lowest BCUT2D eigenvalue weighted by molar-refractivity contribution is 0.153. The molecule has 0 amide bonds. The molecule has 0 saturated heterocycles. The van der Waals surface area contributed by atoms with Crippen molar-refractivity contribution in [2.45, 2.75) is 30.9 Å². The summed E-state index contributed by atoms with van der Waals surface area (Å²) in [6.45, 7) is 2.15. The van der Waals surface area contributed by atoms with Gasteiger partial charge in [0.2, 0.25) is 10.0 Å². The number of benzene rings is 4. The molecule has 0 aliphatic heterocycles. The van der Waals surface area contributed by atoms with Crippen molar-refractivity contribution in [2.75, 3.05) is 21.8 Å². The summed E-state index contributed by atoms with van der Waals surface area (Å²) in [7, 11) is -6.06. The molecular formula is C30H31N3O5S2. The van der Waals surface area contributed by atoms with Crippen LogP contribution >= 0.6 is 0 Å². The summed E-state index contributed by atoms with van der Waals surface area (Å²) in [5.41, 5.74) is 3.63. The number of fused-ring (bicyclic) bond motifs is 3. The molecule has 5 aromatic rings. The number of aromatic nitrogens is 1. The van der Waals surface area contributed by atoms with Crippen molar-refractivity contribution < 1.29 is 21.9 Å². The quantitative estimate of drug-likeness (QED) is 0.240. The monoisotopic (exact) mass is 577 g/mol. The lowest BCUT2D eigenvalue weighted by Gasteiger charge is -2.20. The molecule has 5 rings (SSSR count). The van der Waals surface area contributed by atoms with Gasteiger partial charge in [0.15, 0.2) is 0 Å². The Bertz CT molecular complexity index is 1810. The molecule has 1 heterocycles. The van der Waals surface area contributed by atoms with E-state index in [2.05, 4.69) is 4.72 Å². The van der Waals surface area contributed by atoms with Crippen LogP contribution < -0.4 is 9.03 Å². The first kappa shape index (κ1) is 27.7. The largest absolute Gasteiger partial charge is 0.391 e. The van der Waals surface area contributed by atoms with Crippen LogP contribution in [0.2, 0.25) is 0 Å². The van der Waals surface area contributed by atoms with E-state index in [0.717, 1.165) is 31.7 Å². The van der Waals surface area contributed by atoms with Crippen molar-refractivity contribution >= 4 is 53.2 Å². The Hall–Kier alpha value is -3.86. The van der Waals surface area contributed by atoms with Gasteiger partial charge in [0.25, 0.3) is 10.0 Å². The van der Waals surface area contributed by atoms with Crippen LogP contribution in [0.5, 0.6) is 0 Å². The maximum absolute atomic E-state index is 13.0. The van der Waals surface area contributed by atoms with Crippen molar-refractivity contribution in [1.82, 2.24) is 4.57 Å². The molecule has 10 heteroatoms. The second-order valence-corrected chi connectivity index (χ2v) is 13.7. The molecule has 2 N–H and O–H groups in total. The minimum atomic E-state index is -3.76. The fraction of sp³-hybridized carbons (Fsp3) is 0.200. The highest BCUT2D eigenvalue weighted by Crippen LogP contribution is 2.29. The van der Waals surface area contributed by atoms with Gasteiger partial charge in [-0.1, -0.05) is 54.1 Å². The Morgan fingerprint density at radius 1 is 0.800 bits per heavy atom. The minimum absolute atomic E-state index is 0.0474. The molecule has 0 aliphatic carbocycles. The predicted octanol–water partition coefficient (Wildman–Crippen LogP) is 5.12. The zero-order chi connectivity index (χ0) is 28.5. The predicted molar refractivity (Wildman–Crippen MR) is 161 cm³/mol. The van der Waals surface area contributed by atoms with Gasteiger partial charge < -0.3 is 9.67 Å². The van der Waals surface area contributed by atoms with Gasteiger partial charge in [-0.3, -0.25) is 9.03 Å². The number of para-hydroxylation sites is 2. The van der Waals surface area contributed by atoms with E-state index in [1.165, 1.54) is 19.2 Å². The molecule has 1 atom stereocenters. The molecule has 0 saturated carbocycles. The second-order valence-electron chi connectivity index (χ2n) is 9.84. The van der Waals surface area contributed by atoms with Crippen LogP contribution in [0, 0.1) is 6.92 Å². The summed E-state index contributed by atoms with van der Waals surface area (Å²) in [5.74, 6) is -0.269. The Morgan fingerprint density at radius 3 is 1.93 bits per heavy atom. The third-order valence-corrected chi connectivity index (χ3v) is 10.1. The summed E-state index contributed by atoms with van der Waals surface area (Å²) in [6.07, 6.45) is -0.829. The van der Waals surface area contributed by atoms with Crippen LogP contribution in [0.15, 0.2) is 102 Å². The topological polar surface area (TPSA) is 109 Å². The fourth-order valence-electron chi connectivity index (χ4n) is 4.77. The number of anilines is 2. The number of rotatable bonds is 10. The highest BCUT2D eigenvalue weighted by molar-refractivity contribution is 7.93. The van der Waals surface area contributed by atoms with Crippen LogP contribution in [-0.2, 0) is 26.6 Å². The van der Waals surface area contributed by atoms with E-state index in [-0.39, 0.29) is 23.6 Å². The fourth-order valence-corrected chi connectivity index (χ4v) is 7.15. The van der Waals surface area contributed by atoms with Crippen molar-refractivity contribution in [2.24, 2.45) is 0 Å². The summed E-state index contributed by atoms with van der Waals surface area (Å²) in [6, 6.07) is 28.6. The number of nitrogens with zero attached hydrogens (tertiary/aromatic N) is 2. The SMILES string of the molecule is Cc1ccc(S(=O)(=O)N(C)c2ccc(NS(=O)(=O)CCC(O)Cn3c4ccccc4c4ccccc43)cc2)cc1. The zero-order valence-corrected chi connectivity index (χ0v) is 23.9. The molecule has 0 spiro atoms. The molecule has 208 valence electrons. The van der Waals surface area contributed by atoms with Crippen LogP contribution in [0.3, 0.4) is 0 Å². The smallest absolute Gasteiger partial charge is 0.264 e. The second kappa shape index (κ2) is 11.0. The van der Waals surface area contributed by atoms with E-state index in [9.17, 15) is 21.9 Å². The Morgan fingerprint density at radius 2 is 1.35 bits per heavy atom. The maximum atomic E-state index is 13.0. The molecule has 40 heavy (non-hydrogen) atoms. The van der Waals surface area contributed by atoms with Gasteiger partial charge in [-0.15, -0.1) is 0 Å². The van der Waals surface area contributed by atoms with Gasteiger partial charge in [-0.25, -0.2) is 16.8 Å². The maximum Gasteiger partial charge on any atom is 0.264 e. The summed E-state index contributed by atoms with van der Waals surface area (Å²) in [5, 5.41) is 12.9. The van der Waals surface area contributed by atoms with Crippen LogP contribution in [0.1, 0.15) is 12.0 Å². The first-order chi connectivity index (χ1) is 19.0. The van der Waals surface area contributed by atoms with E-state index in [0.29, 0.717) is 11.4 Å². The molecule has 1 aromatic heterocycles. The zero-order valence-electron chi connectivity index (χ0n) is 22.2. The molecule has 0 fully saturated rings. The van der Waals surface area contributed by atoms with Crippen molar-refractivity contribution in [1.29, 1.82) is 0 Å². The first-order valence-electron chi connectivity index (χ1n) is 12.9. The number of sulfonamides is 2. The van der Waals surface area contributed by atoms with E-state index in [4.69, 9.17) is 0 Å². The van der Waals surface area contributed by atoms with E-state index < -0.39 is 26.2 Å². The Kier molecular flexibility index (Phi) is 7.59. The highest BCUT2D eigenvalue weighted by Gasteiger charge is 2.22. The summed E-state index contributed by atoms with van der Waals surface area (Å²) < 4.78 is 57.2. The molecule has 0 radical (unpaired) electrons. The number of hydrogen-bond acceptors (Lipinski definition) is 5. The van der Waals surface area contributed by atoms with E-state index >= 15 is 0 Å². The molecule has 1 unspecified atom stereocenters. The number of aryl methyl sites for hydroxylation is 1. The van der Waals surface area contributed by atoms with Crippen LogP contribution in [0.4, 0.5) is 11.4 Å². The Labute approximate surface area is 234 Å². The molecule has 4 aromatic carbocycles. The van der Waals surface area contributed by atoms with Crippen LogP contribution in [-0.4, -0.2) is 45.4 Å². The van der Waals surface area contributed by atoms with Crippen LogP contribution in [0.25, 0.3) is 21.8 Å². The van der Waals surface area contributed by atoms with E-state index in [1.807, 2.05) is 60.0 Å². The van der Waals surface area contributed by atoms with Gasteiger partial charge in [0, 0.05) is 41.1 Å². The van der Waals surface area contributed by atoms with E-state index in [1.54, 1.807) is 36.4 Å². The molecule has 0 bridgehead atoms. The molecule has 0 aliphatic rings. The Balaban J connectivity index is 1.23. The normalized spacial score (nSPS) is 13.0. The number of hydrogen-bond donors (Lipinski definition) is 2. The molecule has 8 nitrogen and oxygen atoms in total. The van der Waals surface area contributed by atoms with Gasteiger partial charge >= 0.3 is 0 Å². The third-order valence-electron chi connectivity index (χ3n) is 6.98. The average molecular weight is 578 g/mol. The summed E-state index contributed by atoms with van der Waals surface area (Å²) >= 11 is 0. The first-order valence-corrected chi connectivity index (χ1v) is 15.9. The molecular weight excluding hydrogens is 546 g/mol. The third kappa shape index (κ3) is 5.70. The number of aliphatic hydroxyl groups is 1. The summed E-state index contributed by atoms with van der Waals surface area (Å²) in [4.78, 5) is 0.171. The lowest BCUT2D eigenvalue weighted by Crippen LogP contribution is -2.26. The van der Waals surface area contributed by atoms with Crippen molar-refractivity contribution in [3.63, 3.8) is 0 Å². The minimum Gasteiger partial charge on any atom is -0.391 e. The number of nitrogens with one attached hydrogen (secondary N) is 1. The highest BCUT2D eigenvalue weighted by atomic mass is 32.2. The van der Waals surface area contributed by atoms with Crippen molar-refractivity contribution in [3.05, 3.63) is 103 Å². The van der Waals surface area contributed by atoms with Gasteiger partial charge in [-0.2, -0.15) is 0 Å². The number of aliphatic hydroxyl groups excluding tert-OH is 1. The van der Waals surface area contributed by atoms with Gasteiger partial charge in [0.05, 0.1) is 22.4 Å². The van der Waals surface area contributed by atoms with Gasteiger partial charge in [-0.05, 0) is 61.9 Å². The standard InChI is InChI=1S/C30H31N3O5S2/c1-22-11-17-26(18-12-22)40(37,38)32(2)24-15-13-23(14-16-24)31-39(35,36)20-19-25(34)21-33-29-9-5-3-7-27(29)28-8-4-6-10-30(28)33/h3-18,25,31,34H,19-21H2,1-2H3.